The van der Waals surface area contributed by atoms with Gasteiger partial charge in [0.25, 0.3) is 10.0 Å². The van der Waals surface area contributed by atoms with Crippen molar-refractivity contribution in [2.75, 3.05) is 10.5 Å². The van der Waals surface area contributed by atoms with Gasteiger partial charge < -0.3 is 10.8 Å². The van der Waals surface area contributed by atoms with Crippen LogP contribution < -0.4 is 10.5 Å². The Labute approximate surface area is 122 Å². The van der Waals surface area contributed by atoms with Crippen molar-refractivity contribution in [3.05, 3.63) is 53.6 Å². The van der Waals surface area contributed by atoms with E-state index in [1.54, 1.807) is 12.1 Å². The van der Waals surface area contributed by atoms with Crippen molar-refractivity contribution < 1.29 is 13.5 Å². The molecular weight excluding hydrogens is 290 g/mol. The maximum Gasteiger partial charge on any atom is 0.263 e. The lowest BCUT2D eigenvalue weighted by atomic mass is 10.2. The highest BCUT2D eigenvalue weighted by Gasteiger charge is 2.18. The average molecular weight is 303 g/mol. The number of nitrogens with two attached hydrogens (primary N) is 1. The summed E-state index contributed by atoms with van der Waals surface area (Å²) in [7, 11) is -3.88. The Bertz CT molecular complexity index is 793. The van der Waals surface area contributed by atoms with E-state index < -0.39 is 10.0 Å². The number of nitrogens with zero attached hydrogens (tertiary/aromatic N) is 1. The van der Waals surface area contributed by atoms with E-state index in [9.17, 15) is 8.42 Å². The van der Waals surface area contributed by atoms with E-state index in [0.29, 0.717) is 16.9 Å². The van der Waals surface area contributed by atoms with E-state index >= 15 is 0 Å². The van der Waals surface area contributed by atoms with Gasteiger partial charge in [0.05, 0.1) is 12.2 Å². The Morgan fingerprint density at radius 1 is 1.19 bits per heavy atom. The van der Waals surface area contributed by atoms with Gasteiger partial charge in [-0.1, -0.05) is 12.1 Å². The number of sulfonamides is 1. The summed E-state index contributed by atoms with van der Waals surface area (Å²) in [6, 6.07) is 12.1. The van der Waals surface area contributed by atoms with Crippen LogP contribution in [0.1, 0.15) is 11.1 Å². The van der Waals surface area contributed by atoms with Gasteiger partial charge >= 0.3 is 0 Å². The van der Waals surface area contributed by atoms with E-state index in [4.69, 9.17) is 16.1 Å². The van der Waals surface area contributed by atoms with Gasteiger partial charge in [-0.2, -0.15) is 5.26 Å². The molecule has 2 rings (SSSR count). The van der Waals surface area contributed by atoms with Crippen LogP contribution in [0.3, 0.4) is 0 Å². The van der Waals surface area contributed by atoms with Crippen molar-refractivity contribution in [1.82, 2.24) is 0 Å². The molecule has 21 heavy (non-hydrogen) atoms. The largest absolute Gasteiger partial charge is 0.399 e. The molecule has 0 aliphatic heterocycles. The Balaban J connectivity index is 2.36. The summed E-state index contributed by atoms with van der Waals surface area (Å²) >= 11 is 0. The van der Waals surface area contributed by atoms with Gasteiger partial charge in [-0.15, -0.1) is 0 Å². The Morgan fingerprint density at radius 2 is 1.86 bits per heavy atom. The fourth-order valence-corrected chi connectivity index (χ4v) is 2.96. The van der Waals surface area contributed by atoms with Crippen molar-refractivity contribution in [2.24, 2.45) is 0 Å². The molecule has 0 aromatic heterocycles. The molecule has 0 radical (unpaired) electrons. The molecule has 0 aliphatic rings. The van der Waals surface area contributed by atoms with Crippen LogP contribution in [0.5, 0.6) is 0 Å². The smallest absolute Gasteiger partial charge is 0.263 e. The third-order valence-electron chi connectivity index (χ3n) is 2.80. The van der Waals surface area contributed by atoms with E-state index in [0.717, 1.165) is 0 Å². The zero-order valence-corrected chi connectivity index (χ0v) is 11.8. The lowest BCUT2D eigenvalue weighted by molar-refractivity contribution is 0.282. The molecule has 0 amide bonds. The summed E-state index contributed by atoms with van der Waals surface area (Å²) in [5.74, 6) is 0. The highest BCUT2D eigenvalue weighted by molar-refractivity contribution is 7.92. The summed E-state index contributed by atoms with van der Waals surface area (Å²) in [6.45, 7) is -0.121. The SMILES string of the molecule is N#Cc1cc(N)ccc1S(=O)(=O)Nc1ccc(CO)cc1. The minimum absolute atomic E-state index is 0.0190. The average Bonchev–Trinajstić information content (AvgIpc) is 2.47. The minimum atomic E-state index is -3.88. The molecule has 0 saturated heterocycles. The van der Waals surface area contributed by atoms with E-state index in [1.165, 1.54) is 30.3 Å². The number of hydrogen-bond donors (Lipinski definition) is 3. The molecule has 0 unspecified atom stereocenters. The molecule has 0 fully saturated rings. The first kappa shape index (κ1) is 14.8. The predicted octanol–water partition coefficient (Wildman–Crippen LogP) is 1.43. The molecule has 108 valence electrons. The molecule has 0 heterocycles. The quantitative estimate of drug-likeness (QED) is 0.739. The van der Waals surface area contributed by atoms with E-state index in [2.05, 4.69) is 4.72 Å². The summed E-state index contributed by atoms with van der Waals surface area (Å²) in [6.07, 6.45) is 0. The Morgan fingerprint density at radius 3 is 2.43 bits per heavy atom. The standard InChI is InChI=1S/C14H13N3O3S/c15-8-11-7-12(16)3-6-14(11)21(19,20)17-13-4-1-10(9-18)2-5-13/h1-7,17-18H,9,16H2. The van der Waals surface area contributed by atoms with Crippen LogP contribution in [-0.4, -0.2) is 13.5 Å². The number of aliphatic hydroxyl groups is 1. The van der Waals surface area contributed by atoms with Crippen LogP contribution in [0.2, 0.25) is 0 Å². The zero-order valence-electron chi connectivity index (χ0n) is 10.9. The van der Waals surface area contributed by atoms with Crippen LogP contribution in [-0.2, 0) is 16.6 Å². The van der Waals surface area contributed by atoms with Crippen molar-refractivity contribution in [1.29, 1.82) is 5.26 Å². The number of rotatable bonds is 4. The first-order chi connectivity index (χ1) is 9.96. The molecule has 2 aromatic rings. The van der Waals surface area contributed by atoms with Crippen LogP contribution >= 0.6 is 0 Å². The number of nitriles is 1. The molecule has 0 bridgehead atoms. The monoisotopic (exact) mass is 303 g/mol. The van der Waals surface area contributed by atoms with Gasteiger partial charge in [0, 0.05) is 11.4 Å². The number of aliphatic hydroxyl groups excluding tert-OH is 1. The molecule has 0 spiro atoms. The van der Waals surface area contributed by atoms with Crippen LogP contribution in [0.15, 0.2) is 47.4 Å². The maximum atomic E-state index is 12.3. The van der Waals surface area contributed by atoms with Crippen molar-refractivity contribution >= 4 is 21.4 Å². The predicted molar refractivity (Wildman–Crippen MR) is 78.7 cm³/mol. The molecule has 6 nitrogen and oxygen atoms in total. The molecule has 4 N–H and O–H groups in total. The number of benzene rings is 2. The fraction of sp³-hybridized carbons (Fsp3) is 0.0714. The first-order valence-electron chi connectivity index (χ1n) is 5.98. The summed E-state index contributed by atoms with van der Waals surface area (Å²) in [5.41, 5.74) is 6.85. The summed E-state index contributed by atoms with van der Waals surface area (Å²) in [5, 5.41) is 18.0. The third-order valence-corrected chi connectivity index (χ3v) is 4.24. The molecular formula is C14H13N3O3S. The van der Waals surface area contributed by atoms with Gasteiger partial charge in [-0.25, -0.2) is 8.42 Å². The lowest BCUT2D eigenvalue weighted by Gasteiger charge is -2.10. The first-order valence-corrected chi connectivity index (χ1v) is 7.47. The van der Waals surface area contributed by atoms with Gasteiger partial charge in [0.1, 0.15) is 11.0 Å². The maximum absolute atomic E-state index is 12.3. The van der Waals surface area contributed by atoms with Crippen molar-refractivity contribution in [3.8, 4) is 6.07 Å². The highest BCUT2D eigenvalue weighted by Crippen LogP contribution is 2.21. The normalized spacial score (nSPS) is 10.9. The number of anilines is 2. The number of nitrogen functional groups attached to an aromatic ring is 1. The minimum Gasteiger partial charge on any atom is -0.399 e. The second-order valence-electron chi connectivity index (χ2n) is 4.33. The zero-order chi connectivity index (χ0) is 15.5. The van der Waals surface area contributed by atoms with Gasteiger partial charge in [0.2, 0.25) is 0 Å². The Hall–Kier alpha value is -2.56. The summed E-state index contributed by atoms with van der Waals surface area (Å²) < 4.78 is 27.0. The highest BCUT2D eigenvalue weighted by atomic mass is 32.2. The fourth-order valence-electron chi connectivity index (χ4n) is 1.76. The van der Waals surface area contributed by atoms with Gasteiger partial charge in [0.15, 0.2) is 0 Å². The molecule has 7 heteroatoms. The molecule has 0 saturated carbocycles. The van der Waals surface area contributed by atoms with E-state index in [-0.39, 0.29) is 17.1 Å². The van der Waals surface area contributed by atoms with Gasteiger partial charge in [-0.3, -0.25) is 4.72 Å². The number of nitrogens with one attached hydrogen (secondary N) is 1. The Kier molecular flexibility index (Phi) is 4.12. The second-order valence-corrected chi connectivity index (χ2v) is 5.98. The van der Waals surface area contributed by atoms with Crippen molar-refractivity contribution in [3.63, 3.8) is 0 Å². The molecule has 2 aromatic carbocycles. The molecule has 0 aliphatic carbocycles. The van der Waals surface area contributed by atoms with E-state index in [1.807, 2.05) is 6.07 Å². The molecule has 0 atom stereocenters. The van der Waals surface area contributed by atoms with Crippen molar-refractivity contribution in [2.45, 2.75) is 11.5 Å². The second kappa shape index (κ2) is 5.83. The summed E-state index contributed by atoms with van der Waals surface area (Å²) in [4.78, 5) is -0.134. The topological polar surface area (TPSA) is 116 Å². The van der Waals surface area contributed by atoms with Crippen LogP contribution in [0.4, 0.5) is 11.4 Å². The lowest BCUT2D eigenvalue weighted by Crippen LogP contribution is -2.14. The van der Waals surface area contributed by atoms with Crippen LogP contribution in [0, 0.1) is 11.3 Å². The number of hydrogen-bond acceptors (Lipinski definition) is 5. The van der Waals surface area contributed by atoms with Gasteiger partial charge in [-0.05, 0) is 35.9 Å². The third kappa shape index (κ3) is 3.31. The van der Waals surface area contributed by atoms with Crippen LogP contribution in [0.25, 0.3) is 0 Å².